The summed E-state index contributed by atoms with van der Waals surface area (Å²) in [6, 6.07) is 10.2. The topological polar surface area (TPSA) is 118 Å². The minimum Gasteiger partial charge on any atom is -0.324 e. The molecular weight excluding hydrogens is 576 g/mol. The molecule has 1 aliphatic carbocycles. The molecule has 44 heavy (non-hydrogen) atoms. The van der Waals surface area contributed by atoms with Gasteiger partial charge >= 0.3 is 0 Å². The van der Waals surface area contributed by atoms with Gasteiger partial charge in [-0.15, -0.1) is 0 Å². The van der Waals surface area contributed by atoms with E-state index >= 15 is 0 Å². The molecule has 1 N–H and O–H groups in total. The first-order chi connectivity index (χ1) is 21.0. The molecule has 0 radical (unpaired) electrons. The Morgan fingerprint density at radius 1 is 1.09 bits per heavy atom. The van der Waals surface area contributed by atoms with Crippen LogP contribution in [0.25, 0.3) is 22.2 Å². The molecule has 0 amide bonds. The number of nitrogens with zero attached hydrogens (tertiary/aromatic N) is 7. The standard InChI is InChI=1S/C32H42N8O3S/c1-21-29(22(2)40(36-21)44(42,43)16-15-37(3)4)28-17-26-18-33-32(35-30(26)39(31(28)41)19-23-8-9-23)34-27-12-10-24(11-13-27)25-7-6-14-38(5)20-25/h10-13,17-18,23,25H,6-9,14-16,19-20H2,1-5H3,(H,33,34,35). The lowest BCUT2D eigenvalue weighted by molar-refractivity contribution is 0.251. The number of hydrogen-bond acceptors (Lipinski definition) is 9. The molecule has 6 rings (SSSR count). The summed E-state index contributed by atoms with van der Waals surface area (Å²) in [7, 11) is 2.14. The fraction of sp³-hybridized carbons (Fsp3) is 0.500. The minimum absolute atomic E-state index is 0.0741. The molecule has 3 aromatic heterocycles. The minimum atomic E-state index is -3.70. The zero-order valence-corrected chi connectivity index (χ0v) is 27.1. The van der Waals surface area contributed by atoms with Crippen LogP contribution in [0.4, 0.5) is 11.6 Å². The molecule has 12 heteroatoms. The van der Waals surface area contributed by atoms with Crippen molar-refractivity contribution in [1.82, 2.24) is 33.5 Å². The van der Waals surface area contributed by atoms with Crippen molar-refractivity contribution in [1.29, 1.82) is 0 Å². The predicted octanol–water partition coefficient (Wildman–Crippen LogP) is 3.97. The van der Waals surface area contributed by atoms with Crippen LogP contribution < -0.4 is 10.9 Å². The quantitative estimate of drug-likeness (QED) is 0.282. The van der Waals surface area contributed by atoms with Crippen LogP contribution in [0.3, 0.4) is 0 Å². The van der Waals surface area contributed by atoms with Gasteiger partial charge in [-0.05, 0) is 103 Å². The second-order valence-corrected chi connectivity index (χ2v) is 14.7. The van der Waals surface area contributed by atoms with Crippen LogP contribution in [-0.2, 0) is 16.6 Å². The van der Waals surface area contributed by atoms with E-state index in [1.165, 1.54) is 18.4 Å². The molecule has 2 aliphatic rings. The van der Waals surface area contributed by atoms with Crippen LogP contribution in [0.15, 0.2) is 41.3 Å². The molecule has 1 aliphatic heterocycles. The molecule has 1 unspecified atom stereocenters. The molecule has 1 saturated carbocycles. The second kappa shape index (κ2) is 12.1. The average molecular weight is 619 g/mol. The highest BCUT2D eigenvalue weighted by Crippen LogP contribution is 2.33. The van der Waals surface area contributed by atoms with Crippen LogP contribution >= 0.6 is 0 Å². The van der Waals surface area contributed by atoms with E-state index in [1.54, 1.807) is 30.7 Å². The molecule has 11 nitrogen and oxygen atoms in total. The molecule has 0 spiro atoms. The smallest absolute Gasteiger partial charge is 0.260 e. The molecule has 0 bridgehead atoms. The zero-order chi connectivity index (χ0) is 31.2. The summed E-state index contributed by atoms with van der Waals surface area (Å²) in [6.07, 6.45) is 6.28. The maximum Gasteiger partial charge on any atom is 0.260 e. The molecule has 1 atom stereocenters. The van der Waals surface area contributed by atoms with Crippen molar-refractivity contribution in [3.05, 3.63) is 63.8 Å². The van der Waals surface area contributed by atoms with Crippen molar-refractivity contribution in [2.75, 3.05) is 51.8 Å². The summed E-state index contributed by atoms with van der Waals surface area (Å²) in [6.45, 7) is 6.61. The van der Waals surface area contributed by atoms with Gasteiger partial charge in [0.1, 0.15) is 5.65 Å². The molecule has 234 valence electrons. The van der Waals surface area contributed by atoms with Gasteiger partial charge in [0, 0.05) is 42.5 Å². The number of rotatable bonds is 10. The van der Waals surface area contributed by atoms with Crippen LogP contribution in [-0.4, -0.2) is 88.5 Å². The fourth-order valence-electron chi connectivity index (χ4n) is 6.20. The Kier molecular flexibility index (Phi) is 8.33. The lowest BCUT2D eigenvalue weighted by Gasteiger charge is -2.30. The summed E-state index contributed by atoms with van der Waals surface area (Å²) in [5.41, 5.74) is 4.47. The van der Waals surface area contributed by atoms with Gasteiger partial charge in [-0.25, -0.2) is 13.4 Å². The van der Waals surface area contributed by atoms with Crippen molar-refractivity contribution in [2.45, 2.75) is 52.0 Å². The Labute approximate surface area is 259 Å². The summed E-state index contributed by atoms with van der Waals surface area (Å²) < 4.78 is 29.1. The Hall–Kier alpha value is -3.61. The van der Waals surface area contributed by atoms with E-state index in [4.69, 9.17) is 4.98 Å². The number of anilines is 2. The Morgan fingerprint density at radius 3 is 2.52 bits per heavy atom. The second-order valence-electron chi connectivity index (χ2n) is 12.7. The number of benzene rings is 1. The lowest BCUT2D eigenvalue weighted by Crippen LogP contribution is -2.30. The zero-order valence-electron chi connectivity index (χ0n) is 26.2. The summed E-state index contributed by atoms with van der Waals surface area (Å²) >= 11 is 0. The molecule has 1 saturated heterocycles. The molecule has 1 aromatic carbocycles. The SMILES string of the molecule is Cc1nn(S(=O)(=O)CCN(C)C)c(C)c1-c1cc2cnc(Nc3ccc(C4CCCN(C)C4)cc3)nc2n(CC2CC2)c1=O. The fourth-order valence-corrected chi connectivity index (χ4v) is 7.72. The van der Waals surface area contributed by atoms with Crippen LogP contribution in [0.2, 0.25) is 0 Å². The number of aryl methyl sites for hydroxylation is 1. The highest BCUT2D eigenvalue weighted by atomic mass is 32.2. The van der Waals surface area contributed by atoms with Gasteiger partial charge < -0.3 is 15.1 Å². The highest BCUT2D eigenvalue weighted by Gasteiger charge is 2.28. The van der Waals surface area contributed by atoms with Crippen LogP contribution in [0.5, 0.6) is 0 Å². The largest absolute Gasteiger partial charge is 0.324 e. The number of fused-ring (bicyclic) bond motifs is 1. The van der Waals surface area contributed by atoms with E-state index in [1.807, 2.05) is 19.0 Å². The molecule has 4 heterocycles. The number of likely N-dealkylation sites (tertiary alicyclic amines) is 1. The third kappa shape index (κ3) is 6.29. The maximum absolute atomic E-state index is 14.1. The number of pyridine rings is 1. The van der Waals surface area contributed by atoms with Gasteiger partial charge in [0.25, 0.3) is 15.6 Å². The van der Waals surface area contributed by atoms with E-state index in [0.29, 0.717) is 64.4 Å². The average Bonchev–Trinajstić information content (AvgIpc) is 3.76. The van der Waals surface area contributed by atoms with Crippen molar-refractivity contribution >= 4 is 32.7 Å². The van der Waals surface area contributed by atoms with Gasteiger partial charge in [0.15, 0.2) is 0 Å². The molecule has 2 fully saturated rings. The summed E-state index contributed by atoms with van der Waals surface area (Å²) in [4.78, 5) is 27.7. The number of nitrogens with one attached hydrogen (secondary N) is 1. The van der Waals surface area contributed by atoms with E-state index in [9.17, 15) is 13.2 Å². The summed E-state index contributed by atoms with van der Waals surface area (Å²) in [5.74, 6) is 1.31. The van der Waals surface area contributed by atoms with E-state index in [2.05, 4.69) is 51.6 Å². The number of hydrogen-bond donors (Lipinski definition) is 1. The molecular formula is C32H42N8O3S. The van der Waals surface area contributed by atoms with Gasteiger partial charge in [0.05, 0.1) is 22.7 Å². The number of likely N-dealkylation sites (N-methyl/N-ethyl adjacent to an activating group) is 1. The number of aromatic nitrogens is 5. The van der Waals surface area contributed by atoms with Gasteiger partial charge in [-0.3, -0.25) is 9.36 Å². The Balaban J connectivity index is 1.34. The first-order valence-electron chi connectivity index (χ1n) is 15.4. The van der Waals surface area contributed by atoms with Gasteiger partial charge in [-0.1, -0.05) is 12.1 Å². The van der Waals surface area contributed by atoms with E-state index < -0.39 is 10.0 Å². The van der Waals surface area contributed by atoms with Crippen molar-refractivity contribution < 1.29 is 8.42 Å². The van der Waals surface area contributed by atoms with Gasteiger partial charge in [0.2, 0.25) is 5.95 Å². The monoisotopic (exact) mass is 618 g/mol. The van der Waals surface area contributed by atoms with E-state index in [-0.39, 0.29) is 11.3 Å². The number of piperidine rings is 1. The van der Waals surface area contributed by atoms with Gasteiger partial charge in [-0.2, -0.15) is 14.2 Å². The van der Waals surface area contributed by atoms with E-state index in [0.717, 1.165) is 35.7 Å². The highest BCUT2D eigenvalue weighted by molar-refractivity contribution is 7.89. The Bertz CT molecular complexity index is 1840. The van der Waals surface area contributed by atoms with Crippen LogP contribution in [0, 0.1) is 19.8 Å². The Morgan fingerprint density at radius 2 is 1.84 bits per heavy atom. The summed E-state index contributed by atoms with van der Waals surface area (Å²) in [5, 5.41) is 8.42. The van der Waals surface area contributed by atoms with Crippen LogP contribution in [0.1, 0.15) is 48.6 Å². The van der Waals surface area contributed by atoms with Crippen molar-refractivity contribution in [3.8, 4) is 11.1 Å². The van der Waals surface area contributed by atoms with Crippen molar-refractivity contribution in [2.24, 2.45) is 5.92 Å². The predicted molar refractivity (Wildman–Crippen MR) is 174 cm³/mol. The third-order valence-corrected chi connectivity index (χ3v) is 10.4. The maximum atomic E-state index is 14.1. The lowest BCUT2D eigenvalue weighted by atomic mass is 9.91. The first-order valence-corrected chi connectivity index (χ1v) is 17.0. The third-order valence-electron chi connectivity index (χ3n) is 8.81. The molecule has 4 aromatic rings. The van der Waals surface area contributed by atoms with Crippen molar-refractivity contribution in [3.63, 3.8) is 0 Å². The first kappa shape index (κ1) is 30.4. The normalized spacial score (nSPS) is 17.9.